The van der Waals surface area contributed by atoms with Gasteiger partial charge in [0, 0.05) is 43.5 Å². The van der Waals surface area contributed by atoms with Crippen molar-refractivity contribution in [3.05, 3.63) is 54.1 Å². The van der Waals surface area contributed by atoms with Gasteiger partial charge < -0.3 is 96.0 Å². The maximum Gasteiger partial charge on any atom is 0.305 e. The number of nitrogens with two attached hydrogens (primary N) is 3. The van der Waals surface area contributed by atoms with E-state index in [1.54, 1.807) is 71.9 Å². The number of H-pyrrole nitrogens is 1. The molecule has 0 radical (unpaired) electrons. The maximum absolute atomic E-state index is 14.9. The number of hydrogen-bond acceptors (Lipinski definition) is 20. The summed E-state index contributed by atoms with van der Waals surface area (Å²) < 4.78 is 0. The minimum Gasteiger partial charge on any atom is -0.481 e. The number of nitrogens with one attached hydrogen (secondary N) is 12. The van der Waals surface area contributed by atoms with Crippen LogP contribution in [-0.4, -0.2) is 211 Å². The number of amides is 12. The number of carboxylic acids is 2. The number of aliphatic carboxylic acids is 2. The van der Waals surface area contributed by atoms with Crippen LogP contribution >= 0.6 is 11.8 Å². The van der Waals surface area contributed by atoms with Crippen LogP contribution in [0.5, 0.6) is 0 Å². The molecule has 1 saturated heterocycles. The Balaban J connectivity index is 1.79. The maximum atomic E-state index is 14.9. The summed E-state index contributed by atoms with van der Waals surface area (Å²) in [6.45, 7) is 13.9. The van der Waals surface area contributed by atoms with E-state index in [9.17, 15) is 82.4 Å². The lowest BCUT2D eigenvalue weighted by Gasteiger charge is -2.30. The lowest BCUT2D eigenvalue weighted by Crippen LogP contribution is -2.62. The van der Waals surface area contributed by atoms with E-state index < -0.39 is 193 Å². The third kappa shape index (κ3) is 27.4. The Hall–Kier alpha value is -9.09. The van der Waals surface area contributed by atoms with E-state index in [2.05, 4.69) is 73.4 Å². The molecule has 2 aromatic rings. The van der Waals surface area contributed by atoms with Crippen LogP contribution in [0.15, 0.2) is 47.8 Å². The summed E-state index contributed by atoms with van der Waals surface area (Å²) in [4.78, 5) is 207. The molecule has 560 valence electrons. The van der Waals surface area contributed by atoms with Crippen LogP contribution < -0.4 is 75.7 Å². The third-order valence-corrected chi connectivity index (χ3v) is 18.8. The molecule has 12 amide bonds. The number of carbonyl (C=O) groups is 14. The van der Waals surface area contributed by atoms with E-state index in [0.717, 1.165) is 6.42 Å². The van der Waals surface area contributed by atoms with Crippen molar-refractivity contribution in [1.29, 1.82) is 0 Å². The molecule has 1 fully saturated rings. The van der Waals surface area contributed by atoms with Crippen LogP contribution in [0.2, 0.25) is 0 Å². The molecule has 1 aromatic heterocycles. The first kappa shape index (κ1) is 84.3. The summed E-state index contributed by atoms with van der Waals surface area (Å²) in [6.07, 6.45) is -1.81. The Kier molecular flexibility index (Phi) is 35.3. The Morgan fingerprint density at radius 3 is 1.87 bits per heavy atom. The molecular weight excluding hydrogens is 1330 g/mol. The van der Waals surface area contributed by atoms with Crippen molar-refractivity contribution >= 4 is 99.6 Å². The Morgan fingerprint density at radius 2 is 1.28 bits per heavy atom. The van der Waals surface area contributed by atoms with Crippen LogP contribution in [0, 0.1) is 23.7 Å². The molecule has 0 spiro atoms. The van der Waals surface area contributed by atoms with E-state index >= 15 is 0 Å². The van der Waals surface area contributed by atoms with Crippen LogP contribution in [0.25, 0.3) is 0 Å². The van der Waals surface area contributed by atoms with Gasteiger partial charge in [-0.3, -0.25) is 72.1 Å². The van der Waals surface area contributed by atoms with Gasteiger partial charge in [-0.1, -0.05) is 105 Å². The SMILES string of the molecule is CC[C@H](C)[C@H](N)C1=N[C@H](C(=O)N[C@@H](CC(C)C)C(=O)N[C@H](CCC(=O)O)C(=O)N[C@H](C(=O)N[C@H]2CCCCNC(=O)[C@H](C(O)C(N)=O)NC(=O)[C@@H](CC(=O)O)NC(=O)[C@H](Cc3cnc[nH]3)NC(=O)[C@@H](Cc3ccccc3)NC(=O)[C@H]([C@@H](C)CC)NC(=O)[C@@H](CCCN)NC2=O)[C@@H](C)CC)CS1. The van der Waals surface area contributed by atoms with Crippen molar-refractivity contribution < 1.29 is 82.4 Å². The third-order valence-electron chi connectivity index (χ3n) is 17.6. The molecule has 101 heavy (non-hydrogen) atoms. The Bertz CT molecular complexity index is 3200. The number of aliphatic hydroxyl groups excluding tert-OH is 1. The standard InChI is InChI=1S/C66H103N17O17S/c1-9-34(6)49(68)66-80-46(31-101-66)62(97)76-42(26-33(4)5)58(93)74-41(22-23-47(84)85)57(92)82-50(35(7)10-2)64(99)75-39-20-15-16-25-71-63(98)52(53(88)54(69)89)83-61(96)45(29-48(86)87)78-60(95)44(28-38-30-70-32-72-38)77-59(94)43(27-37-18-13-12-14-19-37)79-65(100)51(36(8)11-3)81-56(91)40(21-17-24-67)73-55(39)90/h12-14,18-19,30,32-36,39-46,49-53,88H,9-11,15-17,20-29,31,67-68H2,1-8H3,(H2,69,89)(H,70,72)(H,71,98)(H,73,90)(H,74,93)(H,75,99)(H,76,97)(H,77,94)(H,78,95)(H,79,100)(H,81,91)(H,82,92)(H,83,96)(H,84,85)(H,86,87)/t34-,35-,36-,39-,40+,41+,42-,43+,44-,45+,46-,49-,50-,51-,52-,53?/m0/s1. The zero-order valence-corrected chi connectivity index (χ0v) is 59.3. The van der Waals surface area contributed by atoms with Crippen molar-refractivity contribution in [1.82, 2.24) is 68.5 Å². The van der Waals surface area contributed by atoms with Crippen LogP contribution in [0.1, 0.15) is 144 Å². The number of nitrogens with zero attached hydrogens (tertiary/aromatic N) is 2. The van der Waals surface area contributed by atoms with Crippen molar-refractivity contribution in [2.45, 2.75) is 224 Å². The molecule has 0 aliphatic carbocycles. The summed E-state index contributed by atoms with van der Waals surface area (Å²) in [7, 11) is 0. The van der Waals surface area contributed by atoms with Gasteiger partial charge >= 0.3 is 11.9 Å². The topological polar surface area (TPSA) is 551 Å². The van der Waals surface area contributed by atoms with Gasteiger partial charge in [-0.25, -0.2) is 4.98 Å². The molecule has 0 bridgehead atoms. The summed E-state index contributed by atoms with van der Waals surface area (Å²) in [5, 5.41) is 59.4. The minimum absolute atomic E-state index is 0.0126. The Morgan fingerprint density at radius 1 is 0.673 bits per heavy atom. The van der Waals surface area contributed by atoms with Crippen molar-refractivity contribution in [3.8, 4) is 0 Å². The predicted octanol–water partition coefficient (Wildman–Crippen LogP) is -2.71. The molecule has 4 rings (SSSR count). The lowest BCUT2D eigenvalue weighted by molar-refractivity contribution is -0.143. The van der Waals surface area contributed by atoms with E-state index in [4.69, 9.17) is 17.2 Å². The highest BCUT2D eigenvalue weighted by Gasteiger charge is 2.41. The van der Waals surface area contributed by atoms with Gasteiger partial charge in [0.05, 0.1) is 23.8 Å². The number of carboxylic acid groups (broad SMARTS) is 2. The first-order valence-electron chi connectivity index (χ1n) is 34.2. The van der Waals surface area contributed by atoms with Gasteiger partial charge in [-0.2, -0.15) is 0 Å². The minimum atomic E-state index is -2.46. The largest absolute Gasteiger partial charge is 0.481 e. The summed E-state index contributed by atoms with van der Waals surface area (Å²) in [5.74, 6) is -16.6. The van der Waals surface area contributed by atoms with E-state index in [0.29, 0.717) is 10.6 Å². The van der Waals surface area contributed by atoms with E-state index in [1.165, 1.54) is 24.3 Å². The monoisotopic (exact) mass is 1440 g/mol. The smallest absolute Gasteiger partial charge is 0.305 e. The fraction of sp³-hybridized carbons (Fsp3) is 0.636. The number of benzene rings is 1. The molecule has 2 aliphatic heterocycles. The number of aliphatic hydroxyl groups is 1. The molecule has 0 saturated carbocycles. The van der Waals surface area contributed by atoms with E-state index in [1.807, 2.05) is 13.8 Å². The van der Waals surface area contributed by atoms with Crippen LogP contribution in [0.3, 0.4) is 0 Å². The number of aliphatic imine (C=N–C) groups is 1. The molecule has 3 heterocycles. The molecule has 34 nitrogen and oxygen atoms in total. The van der Waals surface area contributed by atoms with Gasteiger partial charge in [-0.05, 0) is 80.7 Å². The zero-order valence-electron chi connectivity index (χ0n) is 58.5. The second kappa shape index (κ2) is 42.2. The summed E-state index contributed by atoms with van der Waals surface area (Å²) >= 11 is 1.34. The molecule has 1 aromatic carbocycles. The number of hydrogen-bond donors (Lipinski definition) is 18. The fourth-order valence-corrected chi connectivity index (χ4v) is 12.0. The van der Waals surface area contributed by atoms with Crippen LogP contribution in [0.4, 0.5) is 0 Å². The first-order valence-corrected chi connectivity index (χ1v) is 35.2. The van der Waals surface area contributed by atoms with Crippen LogP contribution in [-0.2, 0) is 80.0 Å². The quantitative estimate of drug-likeness (QED) is 0.0365. The fourth-order valence-electron chi connectivity index (χ4n) is 10.9. The summed E-state index contributed by atoms with van der Waals surface area (Å²) in [5.41, 5.74) is 18.5. The number of primary amides is 1. The predicted molar refractivity (Wildman–Crippen MR) is 371 cm³/mol. The summed E-state index contributed by atoms with van der Waals surface area (Å²) in [6, 6.07) is -9.27. The second-order valence-corrected chi connectivity index (χ2v) is 27.1. The second-order valence-electron chi connectivity index (χ2n) is 26.1. The van der Waals surface area contributed by atoms with Gasteiger partial charge in [0.15, 0.2) is 6.10 Å². The van der Waals surface area contributed by atoms with Gasteiger partial charge in [-0.15, -0.1) is 11.8 Å². The molecular formula is C66H103N17O17S. The Labute approximate surface area is 590 Å². The van der Waals surface area contributed by atoms with E-state index in [-0.39, 0.29) is 101 Å². The zero-order chi connectivity index (χ0) is 75.2. The highest BCUT2D eigenvalue weighted by molar-refractivity contribution is 8.14. The number of aromatic amines is 1. The van der Waals surface area contributed by atoms with Crippen molar-refractivity contribution in [2.75, 3.05) is 18.8 Å². The van der Waals surface area contributed by atoms with Crippen molar-refractivity contribution in [2.24, 2.45) is 45.9 Å². The number of carbonyl (C=O) groups excluding carboxylic acids is 12. The highest BCUT2D eigenvalue weighted by atomic mass is 32.2. The highest BCUT2D eigenvalue weighted by Crippen LogP contribution is 2.25. The van der Waals surface area contributed by atoms with Gasteiger partial charge in [0.1, 0.15) is 66.5 Å². The molecule has 2 aliphatic rings. The normalized spacial score (nSPS) is 23.4. The molecule has 21 N–H and O–H groups in total. The number of imidazole rings is 1. The van der Waals surface area contributed by atoms with Crippen molar-refractivity contribution in [3.63, 3.8) is 0 Å². The number of rotatable bonds is 31. The average molecular weight is 1440 g/mol. The molecule has 35 heteroatoms. The number of aromatic nitrogens is 2. The average Bonchev–Trinajstić information content (AvgIpc) is 1.73. The number of thioether (sulfide) groups is 1. The van der Waals surface area contributed by atoms with Gasteiger partial charge in [0.2, 0.25) is 70.9 Å². The first-order chi connectivity index (χ1) is 47.8. The lowest BCUT2D eigenvalue weighted by atomic mass is 9.96. The molecule has 16 atom stereocenters. The molecule has 1 unspecified atom stereocenters. The van der Waals surface area contributed by atoms with Gasteiger partial charge in [0.25, 0.3) is 0 Å².